The number of para-hydroxylation sites is 1. The molecule has 0 aliphatic carbocycles. The van der Waals surface area contributed by atoms with Crippen molar-refractivity contribution in [2.45, 2.75) is 20.0 Å². The van der Waals surface area contributed by atoms with Crippen molar-refractivity contribution in [3.8, 4) is 5.75 Å². The molecule has 3 rings (SSSR count). The van der Waals surface area contributed by atoms with Crippen LogP contribution in [0.1, 0.15) is 23.6 Å². The number of hydrazone groups is 1. The van der Waals surface area contributed by atoms with E-state index in [4.69, 9.17) is 16.3 Å². The van der Waals surface area contributed by atoms with Gasteiger partial charge in [-0.25, -0.2) is 5.43 Å². The molecular formula is C24H22ClN3O3. The van der Waals surface area contributed by atoms with Gasteiger partial charge in [-0.1, -0.05) is 54.9 Å². The first-order valence-corrected chi connectivity index (χ1v) is 10.1. The molecule has 0 radical (unpaired) electrons. The molecule has 31 heavy (non-hydrogen) atoms. The molecule has 0 heterocycles. The van der Waals surface area contributed by atoms with Gasteiger partial charge in [0.1, 0.15) is 12.4 Å². The van der Waals surface area contributed by atoms with Gasteiger partial charge in [-0.05, 0) is 53.9 Å². The molecule has 0 spiro atoms. The molecule has 158 valence electrons. The van der Waals surface area contributed by atoms with E-state index < -0.39 is 11.8 Å². The van der Waals surface area contributed by atoms with Crippen molar-refractivity contribution >= 4 is 35.3 Å². The number of nitrogens with one attached hydrogen (secondary N) is 2. The van der Waals surface area contributed by atoms with Crippen LogP contribution in [0.5, 0.6) is 5.75 Å². The summed E-state index contributed by atoms with van der Waals surface area (Å²) in [6, 6.07) is 22.0. The fourth-order valence-corrected chi connectivity index (χ4v) is 2.96. The van der Waals surface area contributed by atoms with Crippen LogP contribution in [-0.2, 0) is 22.6 Å². The molecule has 0 aromatic heterocycles. The van der Waals surface area contributed by atoms with Gasteiger partial charge in [-0.2, -0.15) is 5.10 Å². The molecule has 3 aromatic rings. The van der Waals surface area contributed by atoms with Gasteiger partial charge in [0.05, 0.1) is 6.21 Å². The monoisotopic (exact) mass is 435 g/mol. The van der Waals surface area contributed by atoms with Crippen molar-refractivity contribution in [3.63, 3.8) is 0 Å². The van der Waals surface area contributed by atoms with Gasteiger partial charge in [-0.15, -0.1) is 0 Å². The summed E-state index contributed by atoms with van der Waals surface area (Å²) < 4.78 is 5.73. The van der Waals surface area contributed by atoms with Gasteiger partial charge < -0.3 is 10.1 Å². The van der Waals surface area contributed by atoms with Crippen molar-refractivity contribution in [2.75, 3.05) is 5.32 Å². The third kappa shape index (κ3) is 6.42. The zero-order chi connectivity index (χ0) is 22.1. The van der Waals surface area contributed by atoms with E-state index in [0.29, 0.717) is 23.1 Å². The molecule has 6 nitrogen and oxygen atoms in total. The van der Waals surface area contributed by atoms with Crippen molar-refractivity contribution < 1.29 is 14.3 Å². The van der Waals surface area contributed by atoms with Crippen LogP contribution in [0.3, 0.4) is 0 Å². The third-order valence-corrected chi connectivity index (χ3v) is 4.83. The van der Waals surface area contributed by atoms with Crippen LogP contribution >= 0.6 is 11.6 Å². The van der Waals surface area contributed by atoms with Gasteiger partial charge in [0.2, 0.25) is 0 Å². The lowest BCUT2D eigenvalue weighted by Crippen LogP contribution is -2.32. The van der Waals surface area contributed by atoms with Gasteiger partial charge in [0.25, 0.3) is 0 Å². The number of nitrogens with zero attached hydrogens (tertiary/aromatic N) is 1. The molecular weight excluding hydrogens is 414 g/mol. The first-order chi connectivity index (χ1) is 15.1. The second kappa shape index (κ2) is 10.9. The quantitative estimate of drug-likeness (QED) is 0.324. The Kier molecular flexibility index (Phi) is 7.79. The number of hydrogen-bond donors (Lipinski definition) is 2. The number of benzene rings is 3. The minimum absolute atomic E-state index is 0.361. The van der Waals surface area contributed by atoms with Gasteiger partial charge in [-0.3, -0.25) is 9.59 Å². The molecule has 0 unspecified atom stereocenters. The van der Waals surface area contributed by atoms with E-state index >= 15 is 0 Å². The number of carbonyl (C=O) groups is 2. The summed E-state index contributed by atoms with van der Waals surface area (Å²) in [5.41, 5.74) is 5.43. The first-order valence-electron chi connectivity index (χ1n) is 9.75. The first kappa shape index (κ1) is 22.1. The molecule has 3 aromatic carbocycles. The summed E-state index contributed by atoms with van der Waals surface area (Å²) in [6.07, 6.45) is 2.19. The largest absolute Gasteiger partial charge is 0.489 e. The summed E-state index contributed by atoms with van der Waals surface area (Å²) >= 11 is 6.12. The minimum Gasteiger partial charge on any atom is -0.489 e. The van der Waals surface area contributed by atoms with Gasteiger partial charge in [0.15, 0.2) is 0 Å². The Hall–Kier alpha value is -3.64. The summed E-state index contributed by atoms with van der Waals surface area (Å²) in [4.78, 5) is 24.0. The molecule has 0 saturated heterocycles. The number of halogens is 1. The van der Waals surface area contributed by atoms with Crippen LogP contribution in [0.2, 0.25) is 5.02 Å². The van der Waals surface area contributed by atoms with Crippen molar-refractivity contribution in [1.82, 2.24) is 5.43 Å². The van der Waals surface area contributed by atoms with E-state index in [2.05, 4.69) is 15.8 Å². The normalized spacial score (nSPS) is 10.6. The minimum atomic E-state index is -0.846. The third-order valence-electron chi connectivity index (χ3n) is 4.46. The summed E-state index contributed by atoms with van der Waals surface area (Å²) in [5, 5.41) is 7.09. The second-order valence-corrected chi connectivity index (χ2v) is 7.02. The van der Waals surface area contributed by atoms with E-state index in [0.717, 1.165) is 23.1 Å². The van der Waals surface area contributed by atoms with Crippen LogP contribution in [0.4, 0.5) is 5.69 Å². The maximum absolute atomic E-state index is 12.1. The number of hydrogen-bond acceptors (Lipinski definition) is 4. The lowest BCUT2D eigenvalue weighted by atomic mass is 10.1. The molecule has 0 fully saturated rings. The van der Waals surface area contributed by atoms with Crippen LogP contribution in [0.15, 0.2) is 77.9 Å². The number of amides is 2. The van der Waals surface area contributed by atoms with E-state index in [1.54, 1.807) is 36.4 Å². The van der Waals surface area contributed by atoms with Gasteiger partial charge >= 0.3 is 11.8 Å². The van der Waals surface area contributed by atoms with E-state index in [9.17, 15) is 9.59 Å². The van der Waals surface area contributed by atoms with E-state index in [-0.39, 0.29) is 0 Å². The highest BCUT2D eigenvalue weighted by molar-refractivity contribution is 6.39. The number of ether oxygens (including phenoxy) is 1. The molecule has 0 aliphatic heterocycles. The van der Waals surface area contributed by atoms with Crippen molar-refractivity contribution in [3.05, 3.63) is 94.5 Å². The van der Waals surface area contributed by atoms with E-state index in [1.165, 1.54) is 6.21 Å². The Morgan fingerprint density at radius 2 is 1.61 bits per heavy atom. The van der Waals surface area contributed by atoms with Gasteiger partial charge in [0, 0.05) is 16.3 Å². The van der Waals surface area contributed by atoms with Crippen LogP contribution in [-0.4, -0.2) is 18.0 Å². The SMILES string of the molecule is CCc1ccccc1NC(=O)C(=O)N/N=C/c1ccc(OCc2ccccc2Cl)cc1. The second-order valence-electron chi connectivity index (χ2n) is 6.61. The number of rotatable bonds is 7. The molecule has 0 saturated carbocycles. The Morgan fingerprint density at radius 3 is 2.32 bits per heavy atom. The summed E-state index contributed by atoms with van der Waals surface area (Å²) in [5.74, 6) is -0.946. The number of carbonyl (C=O) groups excluding carboxylic acids is 2. The molecule has 0 aliphatic rings. The molecule has 2 N–H and O–H groups in total. The standard InChI is InChI=1S/C24H22ClN3O3/c1-2-18-7-4-6-10-22(18)27-23(29)24(30)28-26-15-17-11-13-20(14-12-17)31-16-19-8-3-5-9-21(19)25/h3-15H,2,16H2,1H3,(H,27,29)(H,28,30)/b26-15+. The van der Waals surface area contributed by atoms with Crippen LogP contribution < -0.4 is 15.5 Å². The molecule has 0 atom stereocenters. The average molecular weight is 436 g/mol. The highest BCUT2D eigenvalue weighted by atomic mass is 35.5. The fraction of sp³-hybridized carbons (Fsp3) is 0.125. The van der Waals surface area contributed by atoms with E-state index in [1.807, 2.05) is 43.3 Å². The Morgan fingerprint density at radius 1 is 0.935 bits per heavy atom. The Bertz CT molecular complexity index is 1080. The molecule has 0 bridgehead atoms. The highest BCUT2D eigenvalue weighted by Crippen LogP contribution is 2.19. The predicted molar refractivity (Wildman–Crippen MR) is 122 cm³/mol. The Labute approximate surface area is 185 Å². The predicted octanol–water partition coefficient (Wildman–Crippen LogP) is 4.57. The van der Waals surface area contributed by atoms with Crippen LogP contribution in [0.25, 0.3) is 0 Å². The molecule has 7 heteroatoms. The average Bonchev–Trinajstić information content (AvgIpc) is 2.79. The maximum atomic E-state index is 12.1. The summed E-state index contributed by atoms with van der Waals surface area (Å²) in [7, 11) is 0. The zero-order valence-corrected chi connectivity index (χ0v) is 17.7. The Balaban J connectivity index is 1.49. The summed E-state index contributed by atoms with van der Waals surface area (Å²) in [6.45, 7) is 2.34. The maximum Gasteiger partial charge on any atom is 0.329 e. The number of aryl methyl sites for hydroxylation is 1. The number of anilines is 1. The lowest BCUT2D eigenvalue weighted by molar-refractivity contribution is -0.136. The lowest BCUT2D eigenvalue weighted by Gasteiger charge is -2.08. The topological polar surface area (TPSA) is 79.8 Å². The zero-order valence-electron chi connectivity index (χ0n) is 17.0. The smallest absolute Gasteiger partial charge is 0.329 e. The van der Waals surface area contributed by atoms with Crippen LogP contribution in [0, 0.1) is 0 Å². The fourth-order valence-electron chi connectivity index (χ4n) is 2.77. The van der Waals surface area contributed by atoms with Crippen molar-refractivity contribution in [2.24, 2.45) is 5.10 Å². The highest BCUT2D eigenvalue weighted by Gasteiger charge is 2.14. The molecule has 2 amide bonds. The van der Waals surface area contributed by atoms with Crippen molar-refractivity contribution in [1.29, 1.82) is 0 Å².